The summed E-state index contributed by atoms with van der Waals surface area (Å²) >= 11 is 1.29. The molecule has 8 nitrogen and oxygen atoms in total. The molecule has 3 heterocycles. The Kier molecular flexibility index (Phi) is 7.35. The zero-order valence-corrected chi connectivity index (χ0v) is 21.0. The number of Topliss-reactive ketones (excluding diaryl/α,β-unsaturated/α-hetero) is 1. The molecule has 4 rings (SSSR count). The highest BCUT2D eigenvalue weighted by atomic mass is 32.1. The summed E-state index contributed by atoms with van der Waals surface area (Å²) in [4.78, 5) is 37.6. The highest BCUT2D eigenvalue weighted by Crippen LogP contribution is 2.40. The van der Waals surface area contributed by atoms with Gasteiger partial charge in [0, 0.05) is 46.0 Å². The Labute approximate surface area is 204 Å². The Bertz CT molecular complexity index is 1090. The number of thiazole rings is 1. The van der Waals surface area contributed by atoms with E-state index in [1.807, 2.05) is 50.2 Å². The summed E-state index contributed by atoms with van der Waals surface area (Å²) in [7, 11) is 3.92. The molecule has 1 saturated heterocycles. The molecule has 1 amide bonds. The van der Waals surface area contributed by atoms with E-state index in [9.17, 15) is 14.7 Å². The number of rotatable bonds is 8. The van der Waals surface area contributed by atoms with Gasteiger partial charge < -0.3 is 19.6 Å². The van der Waals surface area contributed by atoms with Crippen LogP contribution in [0.5, 0.6) is 0 Å². The average Bonchev–Trinajstić information content (AvgIpc) is 3.29. The van der Waals surface area contributed by atoms with Gasteiger partial charge in [-0.05, 0) is 38.0 Å². The van der Waals surface area contributed by atoms with E-state index in [2.05, 4.69) is 9.88 Å². The van der Waals surface area contributed by atoms with E-state index in [0.29, 0.717) is 17.1 Å². The highest BCUT2D eigenvalue weighted by Gasteiger charge is 2.44. The molecule has 1 aromatic carbocycles. The molecule has 1 unspecified atom stereocenters. The maximum atomic E-state index is 13.6. The van der Waals surface area contributed by atoms with Gasteiger partial charge in [0.05, 0.1) is 40.4 Å². The molecule has 0 spiro atoms. The minimum Gasteiger partial charge on any atom is -0.503 e. The van der Waals surface area contributed by atoms with Crippen LogP contribution in [0.15, 0.2) is 35.6 Å². The standard InChI is InChI=1S/C25H32N4O4S/c1-16-24(34-17(2)26-16)22(30)20-21(18-6-8-19(9-7-18)27(3)4)29(25(32)23(20)31)11-5-10-28-12-14-33-15-13-28/h6-9,21,31H,5,10-15H2,1-4H3. The van der Waals surface area contributed by atoms with Gasteiger partial charge in [-0.15, -0.1) is 11.3 Å². The topological polar surface area (TPSA) is 86.2 Å². The quantitative estimate of drug-likeness (QED) is 0.576. The van der Waals surface area contributed by atoms with Gasteiger partial charge in [-0.1, -0.05) is 12.1 Å². The fourth-order valence-corrected chi connectivity index (χ4v) is 5.45. The van der Waals surface area contributed by atoms with E-state index in [1.54, 1.807) is 11.8 Å². The van der Waals surface area contributed by atoms with Crippen molar-refractivity contribution >= 4 is 28.7 Å². The first-order valence-corrected chi connectivity index (χ1v) is 12.4. The van der Waals surface area contributed by atoms with Gasteiger partial charge >= 0.3 is 0 Å². The number of amides is 1. The van der Waals surface area contributed by atoms with Crippen molar-refractivity contribution in [3.05, 3.63) is 56.7 Å². The van der Waals surface area contributed by atoms with E-state index in [4.69, 9.17) is 4.74 Å². The Morgan fingerprint density at radius 1 is 1.18 bits per heavy atom. The van der Waals surface area contributed by atoms with E-state index in [1.165, 1.54) is 11.3 Å². The molecule has 1 fully saturated rings. The number of hydrogen-bond acceptors (Lipinski definition) is 8. The second-order valence-corrected chi connectivity index (χ2v) is 10.1. The van der Waals surface area contributed by atoms with Crippen LogP contribution in [0.25, 0.3) is 0 Å². The van der Waals surface area contributed by atoms with Crippen LogP contribution in [0, 0.1) is 13.8 Å². The maximum absolute atomic E-state index is 13.6. The van der Waals surface area contributed by atoms with Crippen LogP contribution >= 0.6 is 11.3 Å². The molecule has 2 aromatic rings. The number of aryl methyl sites for hydroxylation is 2. The van der Waals surface area contributed by atoms with Crippen LogP contribution in [0.2, 0.25) is 0 Å². The molecule has 0 radical (unpaired) electrons. The molecular weight excluding hydrogens is 452 g/mol. The smallest absolute Gasteiger partial charge is 0.290 e. The van der Waals surface area contributed by atoms with Crippen LogP contribution in [0.1, 0.15) is 38.4 Å². The summed E-state index contributed by atoms with van der Waals surface area (Å²) in [5.41, 5.74) is 2.58. The molecule has 1 N–H and O–H groups in total. The lowest BCUT2D eigenvalue weighted by atomic mass is 9.94. The van der Waals surface area contributed by atoms with Crippen LogP contribution in [0.4, 0.5) is 5.69 Å². The van der Waals surface area contributed by atoms with E-state index < -0.39 is 17.7 Å². The minimum atomic E-state index is -0.636. The summed E-state index contributed by atoms with van der Waals surface area (Å²) in [6.45, 7) is 8.09. The number of carbonyl (C=O) groups is 2. The zero-order chi connectivity index (χ0) is 24.4. The first-order valence-electron chi connectivity index (χ1n) is 11.6. The number of aliphatic hydroxyl groups is 1. The minimum absolute atomic E-state index is 0.140. The van der Waals surface area contributed by atoms with E-state index in [-0.39, 0.29) is 11.4 Å². The Balaban J connectivity index is 1.64. The Morgan fingerprint density at radius 3 is 2.44 bits per heavy atom. The third-order valence-corrected chi connectivity index (χ3v) is 7.43. The predicted molar refractivity (Wildman–Crippen MR) is 133 cm³/mol. The van der Waals surface area contributed by atoms with Crippen molar-refractivity contribution in [2.24, 2.45) is 0 Å². The molecule has 0 saturated carbocycles. The van der Waals surface area contributed by atoms with E-state index in [0.717, 1.165) is 55.5 Å². The summed E-state index contributed by atoms with van der Waals surface area (Å²) < 4.78 is 5.41. The van der Waals surface area contributed by atoms with Crippen molar-refractivity contribution in [3.8, 4) is 0 Å². The molecule has 2 aliphatic heterocycles. The predicted octanol–water partition coefficient (Wildman–Crippen LogP) is 3.13. The van der Waals surface area contributed by atoms with Gasteiger partial charge in [0.2, 0.25) is 5.78 Å². The number of anilines is 1. The fourth-order valence-electron chi connectivity index (χ4n) is 4.57. The average molecular weight is 485 g/mol. The number of nitrogens with zero attached hydrogens (tertiary/aromatic N) is 4. The SMILES string of the molecule is Cc1nc(C)c(C(=O)C2=C(O)C(=O)N(CCCN3CCOCC3)C2c2ccc(N(C)C)cc2)s1. The monoisotopic (exact) mass is 484 g/mol. The van der Waals surface area contributed by atoms with Crippen molar-refractivity contribution in [2.75, 3.05) is 58.4 Å². The van der Waals surface area contributed by atoms with Crippen LogP contribution in [-0.4, -0.2) is 85.1 Å². The fraction of sp³-hybridized carbons (Fsp3) is 0.480. The number of benzene rings is 1. The zero-order valence-electron chi connectivity index (χ0n) is 20.2. The Morgan fingerprint density at radius 2 is 1.85 bits per heavy atom. The van der Waals surface area contributed by atoms with Crippen LogP contribution in [0.3, 0.4) is 0 Å². The summed E-state index contributed by atoms with van der Waals surface area (Å²) in [5, 5.41) is 11.7. The first-order chi connectivity index (χ1) is 16.3. The second-order valence-electron chi connectivity index (χ2n) is 8.93. The molecule has 1 aromatic heterocycles. The number of ether oxygens (including phenoxy) is 1. The number of hydrogen-bond donors (Lipinski definition) is 1. The number of morpholine rings is 1. The highest BCUT2D eigenvalue weighted by molar-refractivity contribution is 7.14. The van der Waals surface area contributed by atoms with Crippen LogP contribution in [-0.2, 0) is 9.53 Å². The molecule has 34 heavy (non-hydrogen) atoms. The Hall–Kier alpha value is -2.75. The first kappa shape index (κ1) is 24.4. The number of aromatic nitrogens is 1. The van der Waals surface area contributed by atoms with Crippen molar-refractivity contribution in [1.29, 1.82) is 0 Å². The summed E-state index contributed by atoms with van der Waals surface area (Å²) in [5.74, 6) is -1.28. The molecule has 2 aliphatic rings. The molecule has 0 aliphatic carbocycles. The van der Waals surface area contributed by atoms with Gasteiger partial charge in [-0.3, -0.25) is 14.5 Å². The van der Waals surface area contributed by atoms with Gasteiger partial charge in [-0.25, -0.2) is 4.98 Å². The third-order valence-electron chi connectivity index (χ3n) is 6.36. The maximum Gasteiger partial charge on any atom is 0.290 e. The number of ketones is 1. The van der Waals surface area contributed by atoms with E-state index >= 15 is 0 Å². The van der Waals surface area contributed by atoms with Crippen molar-refractivity contribution in [1.82, 2.24) is 14.8 Å². The van der Waals surface area contributed by atoms with Gasteiger partial charge in [0.25, 0.3) is 5.91 Å². The molecular formula is C25H32N4O4S. The number of aliphatic hydroxyl groups excluding tert-OH is 1. The van der Waals surface area contributed by atoms with Gasteiger partial charge in [0.15, 0.2) is 5.76 Å². The van der Waals surface area contributed by atoms with Gasteiger partial charge in [0.1, 0.15) is 0 Å². The number of carbonyl (C=O) groups excluding carboxylic acids is 2. The molecule has 9 heteroatoms. The van der Waals surface area contributed by atoms with Crippen molar-refractivity contribution in [2.45, 2.75) is 26.3 Å². The lowest BCUT2D eigenvalue weighted by Crippen LogP contribution is -2.39. The van der Waals surface area contributed by atoms with Crippen molar-refractivity contribution in [3.63, 3.8) is 0 Å². The molecule has 0 bridgehead atoms. The molecule has 1 atom stereocenters. The summed E-state index contributed by atoms with van der Waals surface area (Å²) in [6.07, 6.45) is 0.742. The third kappa shape index (κ3) is 4.87. The summed E-state index contributed by atoms with van der Waals surface area (Å²) in [6, 6.07) is 7.15. The normalized spacial score (nSPS) is 19.2. The lowest BCUT2D eigenvalue weighted by Gasteiger charge is -2.30. The lowest BCUT2D eigenvalue weighted by molar-refractivity contribution is -0.129. The molecule has 182 valence electrons. The van der Waals surface area contributed by atoms with Gasteiger partial charge in [-0.2, -0.15) is 0 Å². The van der Waals surface area contributed by atoms with Crippen molar-refractivity contribution < 1.29 is 19.4 Å². The largest absolute Gasteiger partial charge is 0.503 e. The second kappa shape index (κ2) is 10.2. The van der Waals surface area contributed by atoms with Crippen LogP contribution < -0.4 is 4.90 Å².